The van der Waals surface area contributed by atoms with E-state index >= 15 is 0 Å². The van der Waals surface area contributed by atoms with E-state index in [1.165, 1.54) is 5.56 Å². The first-order valence-electron chi connectivity index (χ1n) is 7.18. The number of nitrogens with zero attached hydrogens (tertiary/aromatic N) is 1. The van der Waals surface area contributed by atoms with Crippen molar-refractivity contribution < 1.29 is 9.52 Å². The second-order valence-electron chi connectivity index (χ2n) is 5.51. The highest BCUT2D eigenvalue weighted by Gasteiger charge is 2.27. The molecule has 0 spiro atoms. The number of aliphatic hydroxyl groups is 1. The van der Waals surface area contributed by atoms with Crippen LogP contribution >= 0.6 is 35.3 Å². The van der Waals surface area contributed by atoms with Crippen LogP contribution in [-0.2, 0) is 12.1 Å². The maximum absolute atomic E-state index is 10.7. The van der Waals surface area contributed by atoms with Gasteiger partial charge in [0.25, 0.3) is 0 Å². The molecule has 2 rings (SSSR count). The van der Waals surface area contributed by atoms with E-state index in [1.54, 1.807) is 25.3 Å². The molecule has 1 unspecified atom stereocenters. The first kappa shape index (κ1) is 20.0. The maximum Gasteiger partial charge on any atom is 0.191 e. The summed E-state index contributed by atoms with van der Waals surface area (Å²) in [7, 11) is 1.71. The third-order valence-corrected chi connectivity index (χ3v) is 4.22. The summed E-state index contributed by atoms with van der Waals surface area (Å²) in [5.74, 6) is 2.20. The lowest BCUT2D eigenvalue weighted by Gasteiger charge is -2.24. The minimum Gasteiger partial charge on any atom is -0.466 e. The predicted octanol–water partition coefficient (Wildman–Crippen LogP) is 3.15. The number of hydrogen-bond donors (Lipinski definition) is 3. The van der Waals surface area contributed by atoms with Gasteiger partial charge in [-0.2, -0.15) is 11.3 Å². The zero-order valence-electron chi connectivity index (χ0n) is 13.8. The van der Waals surface area contributed by atoms with Gasteiger partial charge < -0.3 is 20.2 Å². The smallest absolute Gasteiger partial charge is 0.191 e. The Hall–Kier alpha value is -1.06. The van der Waals surface area contributed by atoms with E-state index in [1.807, 2.05) is 25.3 Å². The molecule has 5 nitrogen and oxygen atoms in total. The van der Waals surface area contributed by atoms with Crippen LogP contribution in [0.5, 0.6) is 0 Å². The molecule has 3 N–H and O–H groups in total. The van der Waals surface area contributed by atoms with Crippen molar-refractivity contribution in [3.05, 3.63) is 45.5 Å². The molecule has 2 aromatic rings. The highest BCUT2D eigenvalue weighted by Crippen LogP contribution is 2.26. The van der Waals surface area contributed by atoms with Crippen LogP contribution in [0.25, 0.3) is 0 Å². The second-order valence-corrected chi connectivity index (χ2v) is 6.29. The fraction of sp³-hybridized carbons (Fsp3) is 0.438. The molecular formula is C16H24IN3O2S. The highest BCUT2D eigenvalue weighted by molar-refractivity contribution is 14.0. The minimum absolute atomic E-state index is 0. The van der Waals surface area contributed by atoms with Crippen LogP contribution in [0.3, 0.4) is 0 Å². The van der Waals surface area contributed by atoms with Crippen molar-refractivity contribution in [2.45, 2.75) is 32.9 Å². The Morgan fingerprint density at radius 2 is 2.13 bits per heavy atom. The summed E-state index contributed by atoms with van der Waals surface area (Å²) >= 11 is 1.67. The van der Waals surface area contributed by atoms with Crippen LogP contribution in [0.4, 0.5) is 0 Å². The molecule has 7 heteroatoms. The number of aryl methyl sites for hydroxylation is 2. The predicted molar refractivity (Wildman–Crippen MR) is 106 cm³/mol. The Bertz CT molecular complexity index is 636. The largest absolute Gasteiger partial charge is 0.466 e. The van der Waals surface area contributed by atoms with Gasteiger partial charge in [0.1, 0.15) is 17.1 Å². The number of halogens is 1. The molecule has 0 fully saturated rings. The van der Waals surface area contributed by atoms with E-state index in [-0.39, 0.29) is 24.0 Å². The molecule has 0 saturated heterocycles. The van der Waals surface area contributed by atoms with Gasteiger partial charge in [0.05, 0.1) is 6.54 Å². The summed E-state index contributed by atoms with van der Waals surface area (Å²) < 4.78 is 5.50. The lowest BCUT2D eigenvalue weighted by Crippen LogP contribution is -2.44. The average Bonchev–Trinajstić information content (AvgIpc) is 3.08. The lowest BCUT2D eigenvalue weighted by molar-refractivity contribution is 0.0602. The minimum atomic E-state index is -1.03. The van der Waals surface area contributed by atoms with Gasteiger partial charge in [0.2, 0.25) is 0 Å². The summed E-state index contributed by atoms with van der Waals surface area (Å²) in [5.41, 5.74) is 0.980. The number of furan rings is 1. The normalized spacial score (nSPS) is 14.0. The van der Waals surface area contributed by atoms with Gasteiger partial charge in [-0.1, -0.05) is 0 Å². The highest BCUT2D eigenvalue weighted by atomic mass is 127. The van der Waals surface area contributed by atoms with Crippen LogP contribution in [-0.4, -0.2) is 24.7 Å². The molecule has 0 amide bonds. The maximum atomic E-state index is 10.7. The first-order valence-corrected chi connectivity index (χ1v) is 8.12. The van der Waals surface area contributed by atoms with Gasteiger partial charge in [-0.05, 0) is 49.2 Å². The van der Waals surface area contributed by atoms with Crippen LogP contribution in [0, 0.1) is 13.8 Å². The average molecular weight is 449 g/mol. The topological polar surface area (TPSA) is 69.8 Å². The zero-order chi connectivity index (χ0) is 16.2. The SMILES string of the molecule is CN=C(NCc1ccsc1)NCC(C)(O)c1cc(C)oc1C.I. The lowest BCUT2D eigenvalue weighted by atomic mass is 9.96. The van der Waals surface area contributed by atoms with E-state index < -0.39 is 5.60 Å². The molecular weight excluding hydrogens is 425 g/mol. The van der Waals surface area contributed by atoms with Gasteiger partial charge in [0.15, 0.2) is 5.96 Å². The van der Waals surface area contributed by atoms with Crippen molar-refractivity contribution in [1.82, 2.24) is 10.6 Å². The molecule has 128 valence electrons. The number of guanidine groups is 1. The van der Waals surface area contributed by atoms with E-state index in [9.17, 15) is 5.11 Å². The summed E-state index contributed by atoms with van der Waals surface area (Å²) in [6.45, 7) is 6.55. The van der Waals surface area contributed by atoms with Gasteiger partial charge >= 0.3 is 0 Å². The molecule has 1 atom stereocenters. The molecule has 0 radical (unpaired) electrons. The Balaban J connectivity index is 0.00000264. The van der Waals surface area contributed by atoms with Crippen molar-refractivity contribution in [2.24, 2.45) is 4.99 Å². The van der Waals surface area contributed by atoms with Crippen molar-refractivity contribution >= 4 is 41.3 Å². The van der Waals surface area contributed by atoms with Crippen LogP contribution in [0.2, 0.25) is 0 Å². The van der Waals surface area contributed by atoms with Crippen LogP contribution < -0.4 is 10.6 Å². The molecule has 0 aromatic carbocycles. The third-order valence-electron chi connectivity index (χ3n) is 3.48. The van der Waals surface area contributed by atoms with Crippen molar-refractivity contribution in [3.8, 4) is 0 Å². The Kier molecular flexibility index (Phi) is 7.56. The molecule has 0 aliphatic rings. The molecule has 0 saturated carbocycles. The Morgan fingerprint density at radius 1 is 1.39 bits per heavy atom. The number of nitrogens with one attached hydrogen (secondary N) is 2. The van der Waals surface area contributed by atoms with E-state index in [0.717, 1.165) is 17.1 Å². The fourth-order valence-electron chi connectivity index (χ4n) is 2.32. The summed E-state index contributed by atoms with van der Waals surface area (Å²) in [6.07, 6.45) is 0. The Labute approximate surface area is 158 Å². The first-order chi connectivity index (χ1) is 10.4. The standard InChI is InChI=1S/C16H23N3O2S.HI/c1-11-7-14(12(2)21-11)16(3,20)10-19-15(17-4)18-8-13-5-6-22-9-13;/h5-7,9,20H,8,10H2,1-4H3,(H2,17,18,19);1H. The van der Waals surface area contributed by atoms with Gasteiger partial charge in [-0.3, -0.25) is 4.99 Å². The van der Waals surface area contributed by atoms with E-state index in [0.29, 0.717) is 19.0 Å². The summed E-state index contributed by atoms with van der Waals surface area (Å²) in [4.78, 5) is 4.18. The number of hydrogen-bond acceptors (Lipinski definition) is 4. The van der Waals surface area contributed by atoms with Gasteiger partial charge in [-0.15, -0.1) is 24.0 Å². The van der Waals surface area contributed by atoms with Crippen molar-refractivity contribution in [3.63, 3.8) is 0 Å². The van der Waals surface area contributed by atoms with Crippen molar-refractivity contribution in [2.75, 3.05) is 13.6 Å². The molecule has 0 aliphatic carbocycles. The summed E-state index contributed by atoms with van der Waals surface area (Å²) in [5, 5.41) is 21.2. The van der Waals surface area contributed by atoms with Crippen LogP contribution in [0.1, 0.15) is 29.6 Å². The molecule has 0 aliphatic heterocycles. The number of thiophene rings is 1. The third kappa shape index (κ3) is 5.50. The Morgan fingerprint density at radius 3 is 2.65 bits per heavy atom. The monoisotopic (exact) mass is 449 g/mol. The summed E-state index contributed by atoms with van der Waals surface area (Å²) in [6, 6.07) is 3.94. The fourth-order valence-corrected chi connectivity index (χ4v) is 2.98. The second kappa shape index (κ2) is 8.70. The van der Waals surface area contributed by atoms with E-state index in [2.05, 4.69) is 27.1 Å². The molecule has 23 heavy (non-hydrogen) atoms. The van der Waals surface area contributed by atoms with Gasteiger partial charge in [-0.25, -0.2) is 0 Å². The van der Waals surface area contributed by atoms with Gasteiger partial charge in [0, 0.05) is 19.2 Å². The quantitative estimate of drug-likeness (QED) is 0.373. The van der Waals surface area contributed by atoms with Crippen LogP contribution in [0.15, 0.2) is 32.3 Å². The van der Waals surface area contributed by atoms with E-state index in [4.69, 9.17) is 4.42 Å². The molecule has 2 aromatic heterocycles. The molecule has 2 heterocycles. The number of rotatable bonds is 5. The zero-order valence-corrected chi connectivity index (χ0v) is 17.0. The number of aliphatic imine (C=N–C) groups is 1. The molecule has 0 bridgehead atoms. The van der Waals surface area contributed by atoms with Crippen molar-refractivity contribution in [1.29, 1.82) is 0 Å².